The van der Waals surface area contributed by atoms with E-state index in [9.17, 15) is 4.79 Å². The number of esters is 1. The van der Waals surface area contributed by atoms with Crippen LogP contribution in [0.15, 0.2) is 43.0 Å². The maximum absolute atomic E-state index is 12.0. The van der Waals surface area contributed by atoms with E-state index in [1.807, 2.05) is 24.3 Å². The summed E-state index contributed by atoms with van der Waals surface area (Å²) in [6, 6.07) is 9.17. The Morgan fingerprint density at radius 1 is 1.20 bits per heavy atom. The highest BCUT2D eigenvalue weighted by atomic mass is 16.5. The van der Waals surface area contributed by atoms with E-state index in [1.165, 1.54) is 25.7 Å². The van der Waals surface area contributed by atoms with E-state index in [0.29, 0.717) is 5.56 Å². The fraction of sp³-hybridized carbons (Fsp3) is 0.500. The second-order valence-corrected chi connectivity index (χ2v) is 5.12. The highest BCUT2D eigenvalue weighted by molar-refractivity contribution is 5.89. The molecule has 1 unspecified atom stereocenters. The molecule has 0 aliphatic carbocycles. The Balaban J connectivity index is 2.38. The molecule has 0 aliphatic rings. The van der Waals surface area contributed by atoms with Crippen molar-refractivity contribution in [2.45, 2.75) is 58.0 Å². The molecule has 110 valence electrons. The first-order valence-corrected chi connectivity index (χ1v) is 7.64. The van der Waals surface area contributed by atoms with Gasteiger partial charge in [-0.25, -0.2) is 4.79 Å². The van der Waals surface area contributed by atoms with Gasteiger partial charge in [-0.1, -0.05) is 56.9 Å². The molecule has 0 aromatic heterocycles. The summed E-state index contributed by atoms with van der Waals surface area (Å²) >= 11 is 0. The van der Waals surface area contributed by atoms with Gasteiger partial charge in [-0.2, -0.15) is 0 Å². The highest BCUT2D eigenvalue weighted by Crippen LogP contribution is 2.14. The number of carbonyl (C=O) groups excluding carboxylic acids is 1. The summed E-state index contributed by atoms with van der Waals surface area (Å²) < 4.78 is 5.57. The van der Waals surface area contributed by atoms with Crippen molar-refractivity contribution in [1.29, 1.82) is 0 Å². The Morgan fingerprint density at radius 3 is 2.55 bits per heavy atom. The lowest BCUT2D eigenvalue weighted by Gasteiger charge is -2.16. The average Bonchev–Trinajstić information content (AvgIpc) is 2.48. The predicted octanol–water partition coefficient (Wildman–Crippen LogP) is 5.15. The van der Waals surface area contributed by atoms with Crippen molar-refractivity contribution in [1.82, 2.24) is 0 Å². The molecule has 2 nitrogen and oxygen atoms in total. The van der Waals surface area contributed by atoms with Crippen molar-refractivity contribution in [2.24, 2.45) is 0 Å². The molecule has 1 aromatic carbocycles. The second-order valence-electron chi connectivity index (χ2n) is 5.12. The van der Waals surface area contributed by atoms with Gasteiger partial charge in [-0.15, -0.1) is 6.58 Å². The van der Waals surface area contributed by atoms with Gasteiger partial charge in [0.15, 0.2) is 0 Å². The van der Waals surface area contributed by atoms with Gasteiger partial charge in [0.25, 0.3) is 0 Å². The normalized spacial score (nSPS) is 11.8. The lowest BCUT2D eigenvalue weighted by atomic mass is 10.1. The Bertz CT molecular complexity index is 384. The summed E-state index contributed by atoms with van der Waals surface area (Å²) in [5.41, 5.74) is 0.618. The zero-order valence-electron chi connectivity index (χ0n) is 12.5. The maximum atomic E-state index is 12.0. The SMILES string of the molecule is C=CCC(CCCCCCC)OC(=O)c1ccccc1. The molecule has 0 saturated heterocycles. The lowest BCUT2D eigenvalue weighted by molar-refractivity contribution is 0.0283. The minimum atomic E-state index is -0.231. The molecule has 0 fully saturated rings. The molecule has 0 aliphatic heterocycles. The van der Waals surface area contributed by atoms with Gasteiger partial charge in [-0.05, 0) is 25.0 Å². The van der Waals surface area contributed by atoms with E-state index in [2.05, 4.69) is 13.5 Å². The summed E-state index contributed by atoms with van der Waals surface area (Å²) in [6.45, 7) is 5.96. The van der Waals surface area contributed by atoms with Gasteiger partial charge in [0, 0.05) is 6.42 Å². The van der Waals surface area contributed by atoms with E-state index >= 15 is 0 Å². The van der Waals surface area contributed by atoms with Crippen LogP contribution in [0, 0.1) is 0 Å². The Labute approximate surface area is 122 Å². The Morgan fingerprint density at radius 2 is 1.90 bits per heavy atom. The summed E-state index contributed by atoms with van der Waals surface area (Å²) in [5.74, 6) is -0.231. The first kappa shape index (κ1) is 16.5. The maximum Gasteiger partial charge on any atom is 0.338 e. The predicted molar refractivity (Wildman–Crippen MR) is 83.8 cm³/mol. The quantitative estimate of drug-likeness (QED) is 0.335. The van der Waals surface area contributed by atoms with Gasteiger partial charge >= 0.3 is 5.97 Å². The molecule has 1 aromatic rings. The number of hydrogen-bond donors (Lipinski definition) is 0. The van der Waals surface area contributed by atoms with Crippen LogP contribution in [0.5, 0.6) is 0 Å². The molecule has 20 heavy (non-hydrogen) atoms. The first-order valence-electron chi connectivity index (χ1n) is 7.64. The van der Waals surface area contributed by atoms with Crippen LogP contribution in [0.2, 0.25) is 0 Å². The number of unbranched alkanes of at least 4 members (excludes halogenated alkanes) is 4. The van der Waals surface area contributed by atoms with Gasteiger partial charge in [0.2, 0.25) is 0 Å². The largest absolute Gasteiger partial charge is 0.458 e. The van der Waals surface area contributed by atoms with Gasteiger partial charge in [0.1, 0.15) is 6.10 Å². The molecule has 0 N–H and O–H groups in total. The minimum absolute atomic E-state index is 0.0400. The minimum Gasteiger partial charge on any atom is -0.458 e. The standard InChI is InChI=1S/C18H26O2/c1-3-5-6-7-11-15-17(12-4-2)20-18(19)16-13-9-8-10-14-16/h4,8-10,13-14,17H,2-3,5-7,11-12,15H2,1H3. The van der Waals surface area contributed by atoms with E-state index < -0.39 is 0 Å². The van der Waals surface area contributed by atoms with Crippen LogP contribution in [0.25, 0.3) is 0 Å². The summed E-state index contributed by atoms with van der Waals surface area (Å²) in [5, 5.41) is 0. The Hall–Kier alpha value is -1.57. The van der Waals surface area contributed by atoms with Crippen molar-refractivity contribution in [3.05, 3.63) is 48.6 Å². The molecule has 1 atom stereocenters. The van der Waals surface area contributed by atoms with E-state index in [-0.39, 0.29) is 12.1 Å². The zero-order valence-corrected chi connectivity index (χ0v) is 12.5. The van der Waals surface area contributed by atoms with Crippen LogP contribution in [0.1, 0.15) is 62.2 Å². The number of carbonyl (C=O) groups is 1. The van der Waals surface area contributed by atoms with E-state index in [0.717, 1.165) is 19.3 Å². The second kappa shape index (κ2) is 10.2. The zero-order chi connectivity index (χ0) is 14.6. The number of benzene rings is 1. The topological polar surface area (TPSA) is 26.3 Å². The third-order valence-electron chi connectivity index (χ3n) is 3.34. The average molecular weight is 274 g/mol. The van der Waals surface area contributed by atoms with E-state index in [1.54, 1.807) is 12.1 Å². The van der Waals surface area contributed by atoms with Gasteiger partial charge in [-0.3, -0.25) is 0 Å². The number of ether oxygens (including phenoxy) is 1. The fourth-order valence-electron chi connectivity index (χ4n) is 2.18. The highest BCUT2D eigenvalue weighted by Gasteiger charge is 2.14. The molecule has 2 heteroatoms. The monoisotopic (exact) mass is 274 g/mol. The first-order chi connectivity index (χ1) is 9.77. The van der Waals surface area contributed by atoms with E-state index in [4.69, 9.17) is 4.74 Å². The molecular formula is C18H26O2. The molecule has 0 heterocycles. The van der Waals surface area contributed by atoms with Crippen molar-refractivity contribution < 1.29 is 9.53 Å². The summed E-state index contributed by atoms with van der Waals surface area (Å²) in [4.78, 5) is 12.0. The van der Waals surface area contributed by atoms with Crippen LogP contribution in [0.4, 0.5) is 0 Å². The third-order valence-corrected chi connectivity index (χ3v) is 3.34. The summed E-state index contributed by atoms with van der Waals surface area (Å²) in [7, 11) is 0. The van der Waals surface area contributed by atoms with Crippen LogP contribution in [0.3, 0.4) is 0 Å². The number of rotatable bonds is 10. The van der Waals surface area contributed by atoms with Crippen LogP contribution < -0.4 is 0 Å². The lowest BCUT2D eigenvalue weighted by Crippen LogP contribution is -2.17. The molecular weight excluding hydrogens is 248 g/mol. The molecule has 0 amide bonds. The molecule has 0 bridgehead atoms. The smallest absolute Gasteiger partial charge is 0.338 e. The summed E-state index contributed by atoms with van der Waals surface area (Å²) in [6.07, 6.45) is 9.57. The Kier molecular flexibility index (Phi) is 8.44. The van der Waals surface area contributed by atoms with Crippen LogP contribution in [-0.2, 0) is 4.74 Å². The van der Waals surface area contributed by atoms with Crippen molar-refractivity contribution in [3.8, 4) is 0 Å². The van der Waals surface area contributed by atoms with Crippen molar-refractivity contribution in [3.63, 3.8) is 0 Å². The molecule has 0 radical (unpaired) electrons. The molecule has 0 saturated carbocycles. The third kappa shape index (κ3) is 6.55. The molecule has 1 rings (SSSR count). The van der Waals surface area contributed by atoms with Gasteiger partial charge in [0.05, 0.1) is 5.56 Å². The van der Waals surface area contributed by atoms with Crippen LogP contribution >= 0.6 is 0 Å². The number of hydrogen-bond acceptors (Lipinski definition) is 2. The fourth-order valence-corrected chi connectivity index (χ4v) is 2.18. The van der Waals surface area contributed by atoms with Crippen molar-refractivity contribution in [2.75, 3.05) is 0 Å². The van der Waals surface area contributed by atoms with Gasteiger partial charge < -0.3 is 4.74 Å². The van der Waals surface area contributed by atoms with Crippen molar-refractivity contribution >= 4 is 5.97 Å². The molecule has 0 spiro atoms. The van der Waals surface area contributed by atoms with Crippen LogP contribution in [-0.4, -0.2) is 12.1 Å².